The molecule has 2 N–H and O–H groups in total. The lowest BCUT2D eigenvalue weighted by Crippen LogP contribution is -2.18. The average molecular weight is 424 g/mol. The van der Waals surface area contributed by atoms with Gasteiger partial charge in [0.2, 0.25) is 5.75 Å². The fraction of sp³-hybridized carbons (Fsp3) is 0.227. The van der Waals surface area contributed by atoms with Gasteiger partial charge in [0.1, 0.15) is 11.4 Å². The smallest absolute Gasteiger partial charge is 0.289 e. The summed E-state index contributed by atoms with van der Waals surface area (Å²) in [5.41, 5.74) is 4.85. The van der Waals surface area contributed by atoms with Crippen LogP contribution in [0.25, 0.3) is 11.3 Å². The fourth-order valence-corrected chi connectivity index (χ4v) is 2.92. The fourth-order valence-electron chi connectivity index (χ4n) is 2.92. The molecule has 1 amide bonds. The number of nitrogens with one attached hydrogen (secondary N) is 2. The van der Waals surface area contributed by atoms with Crippen LogP contribution in [0.1, 0.15) is 23.0 Å². The highest BCUT2D eigenvalue weighted by molar-refractivity contribution is 5.94. The van der Waals surface area contributed by atoms with Crippen molar-refractivity contribution in [2.24, 2.45) is 5.10 Å². The first-order valence-electron chi connectivity index (χ1n) is 9.52. The summed E-state index contributed by atoms with van der Waals surface area (Å²) < 4.78 is 21.4. The molecule has 0 unspecified atom stereocenters. The van der Waals surface area contributed by atoms with E-state index in [1.807, 2.05) is 31.2 Å². The van der Waals surface area contributed by atoms with E-state index in [-0.39, 0.29) is 5.69 Å². The molecule has 1 aromatic heterocycles. The predicted molar refractivity (Wildman–Crippen MR) is 116 cm³/mol. The van der Waals surface area contributed by atoms with E-state index in [0.717, 1.165) is 11.3 Å². The molecule has 0 atom stereocenters. The normalized spacial score (nSPS) is 10.7. The third-order valence-corrected chi connectivity index (χ3v) is 4.39. The molecule has 162 valence electrons. The topological polar surface area (TPSA) is 107 Å². The van der Waals surface area contributed by atoms with Crippen molar-refractivity contribution in [3.05, 3.63) is 53.7 Å². The molecule has 1 heterocycles. The number of aromatic amines is 1. The molecule has 0 saturated carbocycles. The van der Waals surface area contributed by atoms with Gasteiger partial charge in [-0.05, 0) is 49.4 Å². The largest absolute Gasteiger partial charge is 0.494 e. The van der Waals surface area contributed by atoms with E-state index in [1.165, 1.54) is 27.5 Å². The number of benzene rings is 2. The van der Waals surface area contributed by atoms with Crippen LogP contribution < -0.4 is 24.4 Å². The third kappa shape index (κ3) is 4.95. The van der Waals surface area contributed by atoms with Crippen LogP contribution in [0.3, 0.4) is 0 Å². The Balaban J connectivity index is 1.70. The maximum Gasteiger partial charge on any atom is 0.289 e. The second-order valence-corrected chi connectivity index (χ2v) is 6.25. The Hall–Kier alpha value is -4.01. The molecule has 0 spiro atoms. The molecular formula is C22H24N4O5. The second kappa shape index (κ2) is 10.1. The van der Waals surface area contributed by atoms with Crippen molar-refractivity contribution < 1.29 is 23.7 Å². The zero-order chi connectivity index (χ0) is 22.2. The Kier molecular flexibility index (Phi) is 7.10. The second-order valence-electron chi connectivity index (χ2n) is 6.25. The van der Waals surface area contributed by atoms with E-state index in [1.54, 1.807) is 18.2 Å². The van der Waals surface area contributed by atoms with Crippen molar-refractivity contribution in [3.8, 4) is 34.3 Å². The van der Waals surface area contributed by atoms with Crippen LogP contribution in [0.5, 0.6) is 23.0 Å². The summed E-state index contributed by atoms with van der Waals surface area (Å²) in [5.74, 6) is 1.76. The lowest BCUT2D eigenvalue weighted by atomic mass is 10.1. The molecule has 9 heteroatoms. The number of rotatable bonds is 9. The Morgan fingerprint density at radius 1 is 1.06 bits per heavy atom. The van der Waals surface area contributed by atoms with Crippen LogP contribution in [-0.4, -0.2) is 50.3 Å². The van der Waals surface area contributed by atoms with Crippen molar-refractivity contribution in [3.63, 3.8) is 0 Å². The summed E-state index contributed by atoms with van der Waals surface area (Å²) >= 11 is 0. The number of hydrogen-bond acceptors (Lipinski definition) is 7. The molecule has 2 aromatic carbocycles. The lowest BCUT2D eigenvalue weighted by molar-refractivity contribution is 0.0950. The number of methoxy groups -OCH3 is 3. The number of ether oxygens (including phenoxy) is 4. The van der Waals surface area contributed by atoms with Gasteiger partial charge in [-0.1, -0.05) is 0 Å². The zero-order valence-electron chi connectivity index (χ0n) is 17.8. The highest BCUT2D eigenvalue weighted by Gasteiger charge is 2.15. The first-order valence-corrected chi connectivity index (χ1v) is 9.52. The summed E-state index contributed by atoms with van der Waals surface area (Å²) in [6.45, 7) is 2.53. The molecule has 3 rings (SSSR count). The molecule has 0 fully saturated rings. The van der Waals surface area contributed by atoms with Crippen LogP contribution in [0.4, 0.5) is 0 Å². The Bertz CT molecular complexity index is 1060. The maximum absolute atomic E-state index is 12.4. The van der Waals surface area contributed by atoms with E-state index >= 15 is 0 Å². The van der Waals surface area contributed by atoms with Gasteiger partial charge in [-0.2, -0.15) is 10.2 Å². The molecule has 31 heavy (non-hydrogen) atoms. The molecule has 0 aliphatic heterocycles. The number of amides is 1. The number of H-pyrrole nitrogens is 1. The number of carbonyl (C=O) groups excluding carboxylic acids is 1. The molecule has 0 aliphatic rings. The number of carbonyl (C=O) groups is 1. The molecule has 0 aliphatic carbocycles. The SMILES string of the molecule is CCOc1ccc(-c2cc(C(=O)NN=Cc3ccc(OC)c(OC)c3OC)[nH]n2)cc1. The highest BCUT2D eigenvalue weighted by atomic mass is 16.5. The summed E-state index contributed by atoms with van der Waals surface area (Å²) in [5, 5.41) is 10.9. The minimum atomic E-state index is -0.430. The molecular weight excluding hydrogens is 400 g/mol. The van der Waals surface area contributed by atoms with E-state index < -0.39 is 5.91 Å². The van der Waals surface area contributed by atoms with E-state index in [0.29, 0.717) is 35.1 Å². The number of aromatic nitrogens is 2. The van der Waals surface area contributed by atoms with Crippen molar-refractivity contribution >= 4 is 12.1 Å². The molecule has 0 radical (unpaired) electrons. The number of hydrazone groups is 1. The van der Waals surface area contributed by atoms with Crippen LogP contribution in [-0.2, 0) is 0 Å². The Morgan fingerprint density at radius 3 is 2.45 bits per heavy atom. The van der Waals surface area contributed by atoms with Crippen molar-refractivity contribution in [2.45, 2.75) is 6.92 Å². The quantitative estimate of drug-likeness (QED) is 0.403. The average Bonchev–Trinajstić information content (AvgIpc) is 3.29. The first kappa shape index (κ1) is 21.7. The summed E-state index contributed by atoms with van der Waals surface area (Å²) in [6, 6.07) is 12.6. The van der Waals surface area contributed by atoms with Crippen LogP contribution in [0.15, 0.2) is 47.6 Å². The van der Waals surface area contributed by atoms with Crippen molar-refractivity contribution in [1.82, 2.24) is 15.6 Å². The van der Waals surface area contributed by atoms with Crippen molar-refractivity contribution in [2.75, 3.05) is 27.9 Å². The Labute approximate surface area is 180 Å². The van der Waals surface area contributed by atoms with Gasteiger partial charge in [0, 0.05) is 11.1 Å². The lowest BCUT2D eigenvalue weighted by Gasteiger charge is -2.13. The minimum absolute atomic E-state index is 0.278. The van der Waals surface area contributed by atoms with Crippen molar-refractivity contribution in [1.29, 1.82) is 0 Å². The van der Waals surface area contributed by atoms with Gasteiger partial charge >= 0.3 is 0 Å². The summed E-state index contributed by atoms with van der Waals surface area (Å²) in [4.78, 5) is 12.4. The zero-order valence-corrected chi connectivity index (χ0v) is 17.8. The van der Waals surface area contributed by atoms with Gasteiger partial charge in [0.25, 0.3) is 5.91 Å². The van der Waals surface area contributed by atoms with Crippen LogP contribution >= 0.6 is 0 Å². The van der Waals surface area contributed by atoms with Gasteiger partial charge < -0.3 is 18.9 Å². The predicted octanol–water partition coefficient (Wildman–Crippen LogP) is 3.27. The maximum atomic E-state index is 12.4. The van der Waals surface area contributed by atoms with Gasteiger partial charge in [0.15, 0.2) is 11.5 Å². The Morgan fingerprint density at radius 2 is 1.81 bits per heavy atom. The van der Waals surface area contributed by atoms with E-state index in [4.69, 9.17) is 18.9 Å². The van der Waals surface area contributed by atoms with Crippen LogP contribution in [0.2, 0.25) is 0 Å². The molecule has 0 saturated heterocycles. The van der Waals surface area contributed by atoms with E-state index in [2.05, 4.69) is 20.7 Å². The van der Waals surface area contributed by atoms with Gasteiger partial charge in [-0.3, -0.25) is 9.89 Å². The van der Waals surface area contributed by atoms with Gasteiger partial charge in [-0.15, -0.1) is 0 Å². The van der Waals surface area contributed by atoms with Gasteiger partial charge in [-0.25, -0.2) is 5.43 Å². The standard InChI is InChI=1S/C22H24N4O5/c1-5-31-16-9-6-14(7-10-16)17-12-18(25-24-17)22(27)26-23-13-15-8-11-19(28-2)21(30-4)20(15)29-3/h6-13H,5H2,1-4H3,(H,24,25)(H,26,27). The highest BCUT2D eigenvalue weighted by Crippen LogP contribution is 2.38. The first-order chi connectivity index (χ1) is 15.1. The number of nitrogens with zero attached hydrogens (tertiary/aromatic N) is 2. The number of hydrogen-bond donors (Lipinski definition) is 2. The third-order valence-electron chi connectivity index (χ3n) is 4.39. The van der Waals surface area contributed by atoms with E-state index in [9.17, 15) is 4.79 Å². The minimum Gasteiger partial charge on any atom is -0.494 e. The summed E-state index contributed by atoms with van der Waals surface area (Å²) in [7, 11) is 4.57. The monoisotopic (exact) mass is 424 g/mol. The van der Waals surface area contributed by atoms with Crippen LogP contribution in [0, 0.1) is 0 Å². The molecule has 9 nitrogen and oxygen atoms in total. The molecule has 3 aromatic rings. The molecule has 0 bridgehead atoms. The summed E-state index contributed by atoms with van der Waals surface area (Å²) in [6.07, 6.45) is 1.46. The van der Waals surface area contributed by atoms with Gasteiger partial charge in [0.05, 0.1) is 39.8 Å².